The van der Waals surface area contributed by atoms with E-state index in [0.29, 0.717) is 11.4 Å². The number of ether oxygens (including phenoxy) is 2. The van der Waals surface area contributed by atoms with Gasteiger partial charge in [0.25, 0.3) is 5.56 Å². The summed E-state index contributed by atoms with van der Waals surface area (Å²) in [7, 11) is 6.09. The van der Waals surface area contributed by atoms with Crippen LogP contribution in [0.4, 0.5) is 10.2 Å². The predicted octanol–water partition coefficient (Wildman–Crippen LogP) is 2.35. The number of benzene rings is 1. The minimum atomic E-state index is -0.737. The van der Waals surface area contributed by atoms with Gasteiger partial charge in [0.1, 0.15) is 22.8 Å². The third-order valence-corrected chi connectivity index (χ3v) is 5.13. The first-order valence-corrected chi connectivity index (χ1v) is 9.86. The Morgan fingerprint density at radius 1 is 1.00 bits per heavy atom. The summed E-state index contributed by atoms with van der Waals surface area (Å²) in [6.45, 7) is 1.86. The lowest BCUT2D eigenvalue weighted by Crippen LogP contribution is -2.21. The molecule has 0 atom stereocenters. The van der Waals surface area contributed by atoms with Crippen LogP contribution < -0.4 is 20.8 Å². The average molecular weight is 451 g/mol. The molecule has 0 fully saturated rings. The van der Waals surface area contributed by atoms with Gasteiger partial charge in [-0.1, -0.05) is 0 Å². The van der Waals surface area contributed by atoms with Crippen LogP contribution in [0.5, 0.6) is 11.5 Å². The number of halogens is 1. The number of hydrogen-bond donors (Lipinski definition) is 1. The number of nitrogens with zero attached hydrogens (tertiary/aromatic N) is 6. The molecule has 0 spiro atoms. The zero-order valence-electron chi connectivity index (χ0n) is 18.8. The molecular weight excluding hydrogens is 429 g/mol. The Morgan fingerprint density at radius 3 is 2.36 bits per heavy atom. The molecule has 1 aromatic carbocycles. The topological polar surface area (TPSA) is 123 Å². The molecule has 170 valence electrons. The first-order chi connectivity index (χ1) is 15.7. The molecule has 0 saturated heterocycles. The molecule has 33 heavy (non-hydrogen) atoms. The molecule has 0 saturated carbocycles. The van der Waals surface area contributed by atoms with E-state index < -0.39 is 11.4 Å². The highest BCUT2D eigenvalue weighted by molar-refractivity contribution is 5.73. The van der Waals surface area contributed by atoms with E-state index in [2.05, 4.69) is 20.1 Å². The van der Waals surface area contributed by atoms with Crippen LogP contribution in [0.15, 0.2) is 35.5 Å². The van der Waals surface area contributed by atoms with E-state index in [0.717, 1.165) is 11.3 Å². The molecule has 0 aliphatic heterocycles. The number of hydrogen-bond acceptors (Lipinski definition) is 8. The Hall–Kier alpha value is -4.28. The standard InChI is InChI=1S/C22H22FN7O3/c1-11-14(9-30(3)28-11)15-8-25-21(24)20(26-15)16-10-29(2)22(31)19(27-16)13-6-12(32-4)7-17(33-5)18(13)23/h6-10H,1-5H3,(H2,24,25). The van der Waals surface area contributed by atoms with E-state index in [1.807, 2.05) is 13.1 Å². The van der Waals surface area contributed by atoms with Crippen molar-refractivity contribution in [2.45, 2.75) is 6.92 Å². The van der Waals surface area contributed by atoms with Crippen LogP contribution >= 0.6 is 0 Å². The van der Waals surface area contributed by atoms with Gasteiger partial charge in [0.05, 0.1) is 31.8 Å². The molecule has 0 aliphatic carbocycles. The highest BCUT2D eigenvalue weighted by Crippen LogP contribution is 2.33. The van der Waals surface area contributed by atoms with Gasteiger partial charge in [-0.25, -0.2) is 19.3 Å². The van der Waals surface area contributed by atoms with Gasteiger partial charge < -0.3 is 19.8 Å². The van der Waals surface area contributed by atoms with Crippen molar-refractivity contribution in [2.24, 2.45) is 14.1 Å². The predicted molar refractivity (Wildman–Crippen MR) is 120 cm³/mol. The summed E-state index contributed by atoms with van der Waals surface area (Å²) in [6, 6.07) is 2.77. The van der Waals surface area contributed by atoms with Gasteiger partial charge in [0.15, 0.2) is 17.4 Å². The normalized spacial score (nSPS) is 11.0. The Bertz CT molecular complexity index is 1430. The second-order valence-corrected chi connectivity index (χ2v) is 7.37. The molecule has 4 aromatic rings. The third-order valence-electron chi connectivity index (χ3n) is 5.13. The van der Waals surface area contributed by atoms with E-state index in [1.165, 1.54) is 50.4 Å². The van der Waals surface area contributed by atoms with Crippen LogP contribution in [0.2, 0.25) is 0 Å². The molecule has 3 heterocycles. The first kappa shape index (κ1) is 21.9. The van der Waals surface area contributed by atoms with Gasteiger partial charge in [-0.2, -0.15) is 5.10 Å². The molecule has 0 amide bonds. The molecule has 0 bridgehead atoms. The molecule has 2 N–H and O–H groups in total. The van der Waals surface area contributed by atoms with E-state index in [-0.39, 0.29) is 34.2 Å². The number of nitrogen functional groups attached to an aromatic ring is 1. The maximum Gasteiger partial charge on any atom is 0.276 e. The highest BCUT2D eigenvalue weighted by atomic mass is 19.1. The summed E-state index contributed by atoms with van der Waals surface area (Å²) in [4.78, 5) is 26.2. The minimum Gasteiger partial charge on any atom is -0.497 e. The van der Waals surface area contributed by atoms with Crippen LogP contribution in [0.3, 0.4) is 0 Å². The summed E-state index contributed by atoms with van der Waals surface area (Å²) in [5, 5.41) is 4.33. The molecule has 10 nitrogen and oxygen atoms in total. The fourth-order valence-corrected chi connectivity index (χ4v) is 3.47. The summed E-state index contributed by atoms with van der Waals surface area (Å²) >= 11 is 0. The van der Waals surface area contributed by atoms with Crippen LogP contribution in [0.1, 0.15) is 5.69 Å². The number of aryl methyl sites for hydroxylation is 3. The SMILES string of the molecule is COc1cc(OC)c(F)c(-c2nc(-c3nc(-c4cn(C)nc4C)cnc3N)cn(C)c2=O)c1. The minimum absolute atomic E-state index is 0.0700. The van der Waals surface area contributed by atoms with Gasteiger partial charge in [0.2, 0.25) is 0 Å². The quantitative estimate of drug-likeness (QED) is 0.491. The van der Waals surface area contributed by atoms with Gasteiger partial charge in [-0.3, -0.25) is 9.48 Å². The third kappa shape index (κ3) is 3.88. The number of anilines is 1. The van der Waals surface area contributed by atoms with Crippen molar-refractivity contribution in [3.05, 3.63) is 52.6 Å². The smallest absolute Gasteiger partial charge is 0.276 e. The Labute approximate surface area is 188 Å². The Kier molecular flexibility index (Phi) is 5.54. The van der Waals surface area contributed by atoms with Crippen LogP contribution in [0, 0.1) is 12.7 Å². The Morgan fingerprint density at radius 2 is 1.73 bits per heavy atom. The van der Waals surface area contributed by atoms with Gasteiger partial charge in [0, 0.05) is 43.7 Å². The lowest BCUT2D eigenvalue weighted by molar-refractivity contribution is 0.374. The molecule has 0 unspecified atom stereocenters. The van der Waals surface area contributed by atoms with E-state index in [4.69, 9.17) is 15.2 Å². The Balaban J connectivity index is 1.94. The van der Waals surface area contributed by atoms with E-state index >= 15 is 4.39 Å². The lowest BCUT2D eigenvalue weighted by Gasteiger charge is -2.13. The highest BCUT2D eigenvalue weighted by Gasteiger charge is 2.21. The summed E-state index contributed by atoms with van der Waals surface area (Å²) in [5.74, 6) is -0.391. The van der Waals surface area contributed by atoms with E-state index in [9.17, 15) is 4.79 Å². The molecule has 0 radical (unpaired) electrons. The molecule has 3 aromatic heterocycles. The molecule has 11 heteroatoms. The van der Waals surface area contributed by atoms with Crippen molar-refractivity contribution >= 4 is 5.82 Å². The van der Waals surface area contributed by atoms with Gasteiger partial charge in [-0.15, -0.1) is 0 Å². The first-order valence-electron chi connectivity index (χ1n) is 9.86. The van der Waals surface area contributed by atoms with Crippen LogP contribution in [-0.2, 0) is 14.1 Å². The summed E-state index contributed by atoms with van der Waals surface area (Å²) in [6.07, 6.45) is 4.83. The van der Waals surface area contributed by atoms with Crippen molar-refractivity contribution in [1.82, 2.24) is 29.3 Å². The van der Waals surface area contributed by atoms with Gasteiger partial charge >= 0.3 is 0 Å². The maximum absolute atomic E-state index is 15.1. The molecular formula is C22H22FN7O3. The second-order valence-electron chi connectivity index (χ2n) is 7.37. The molecule has 0 aliphatic rings. The van der Waals surface area contributed by atoms with Crippen molar-refractivity contribution in [3.63, 3.8) is 0 Å². The van der Waals surface area contributed by atoms with E-state index in [1.54, 1.807) is 11.7 Å². The van der Waals surface area contributed by atoms with Crippen molar-refractivity contribution in [3.8, 4) is 45.4 Å². The zero-order chi connectivity index (χ0) is 23.9. The number of aromatic nitrogens is 6. The summed E-state index contributed by atoms with van der Waals surface area (Å²) in [5.41, 5.74) is 7.96. The number of nitrogens with two attached hydrogens (primary N) is 1. The van der Waals surface area contributed by atoms with Crippen LogP contribution in [-0.4, -0.2) is 43.5 Å². The second kappa shape index (κ2) is 8.34. The largest absolute Gasteiger partial charge is 0.497 e. The lowest BCUT2D eigenvalue weighted by atomic mass is 10.1. The number of methoxy groups -OCH3 is 2. The molecule has 4 rings (SSSR count). The average Bonchev–Trinajstić information content (AvgIpc) is 3.14. The van der Waals surface area contributed by atoms with Crippen molar-refractivity contribution < 1.29 is 13.9 Å². The van der Waals surface area contributed by atoms with Crippen molar-refractivity contribution in [2.75, 3.05) is 20.0 Å². The maximum atomic E-state index is 15.1. The fraction of sp³-hybridized carbons (Fsp3) is 0.227. The van der Waals surface area contributed by atoms with Crippen LogP contribution in [0.25, 0.3) is 33.9 Å². The fourth-order valence-electron chi connectivity index (χ4n) is 3.47. The zero-order valence-corrected chi connectivity index (χ0v) is 18.8. The van der Waals surface area contributed by atoms with Gasteiger partial charge in [-0.05, 0) is 13.0 Å². The number of rotatable bonds is 5. The monoisotopic (exact) mass is 451 g/mol. The summed E-state index contributed by atoms with van der Waals surface area (Å²) < 4.78 is 28.4. The van der Waals surface area contributed by atoms with Crippen molar-refractivity contribution in [1.29, 1.82) is 0 Å².